The third-order valence-electron chi connectivity index (χ3n) is 2.61. The van der Waals surface area contributed by atoms with Gasteiger partial charge >= 0.3 is 0 Å². The molecule has 0 aliphatic heterocycles. The molecule has 0 fully saturated rings. The van der Waals surface area contributed by atoms with Gasteiger partial charge in [-0.2, -0.15) is 0 Å². The molecule has 1 rings (SSSR count). The Morgan fingerprint density at radius 2 is 2.00 bits per heavy atom. The van der Waals surface area contributed by atoms with Crippen LogP contribution in [0.3, 0.4) is 0 Å². The summed E-state index contributed by atoms with van der Waals surface area (Å²) in [6.45, 7) is 3.65. The molecule has 0 radical (unpaired) electrons. The number of rotatable bonds is 6. The lowest BCUT2D eigenvalue weighted by atomic mass is 10.2. The fourth-order valence-electron chi connectivity index (χ4n) is 1.56. The Labute approximate surface area is 103 Å². The second-order valence-corrected chi connectivity index (χ2v) is 6.24. The maximum absolute atomic E-state index is 11.9. The zero-order chi connectivity index (χ0) is 12.9. The van der Waals surface area contributed by atoms with Crippen molar-refractivity contribution < 1.29 is 13.2 Å². The highest BCUT2D eigenvalue weighted by atomic mass is 32.2. The number of hydrogen-bond acceptors (Lipinski definition) is 3. The number of Topliss-reactive ketones (excluding diaryl/α,β-unsaturated/α-hetero) is 1. The highest BCUT2D eigenvalue weighted by molar-refractivity contribution is 7.91. The normalized spacial score (nSPS) is 11.4. The van der Waals surface area contributed by atoms with Gasteiger partial charge < -0.3 is 0 Å². The van der Waals surface area contributed by atoms with Gasteiger partial charge in [-0.25, -0.2) is 8.42 Å². The minimum Gasteiger partial charge on any atom is -0.300 e. The highest BCUT2D eigenvalue weighted by Gasteiger charge is 2.14. The molecule has 0 unspecified atom stereocenters. The van der Waals surface area contributed by atoms with Crippen LogP contribution in [0.1, 0.15) is 31.7 Å². The van der Waals surface area contributed by atoms with E-state index in [-0.39, 0.29) is 11.5 Å². The Kier molecular flexibility index (Phi) is 4.87. The molecule has 0 atom stereocenters. The summed E-state index contributed by atoms with van der Waals surface area (Å²) < 4.78 is 23.9. The van der Waals surface area contributed by atoms with Crippen molar-refractivity contribution >= 4 is 15.6 Å². The number of carbonyl (C=O) groups excluding carboxylic acids is 1. The Balaban J connectivity index is 2.66. The molecule has 0 spiro atoms. The summed E-state index contributed by atoms with van der Waals surface area (Å²) in [5.74, 6) is 0.159. The molecule has 0 bridgehead atoms. The van der Waals surface area contributed by atoms with Crippen LogP contribution in [-0.4, -0.2) is 20.0 Å². The fraction of sp³-hybridized carbons (Fsp3) is 0.462. The van der Waals surface area contributed by atoms with Crippen LogP contribution >= 0.6 is 0 Å². The summed E-state index contributed by atoms with van der Waals surface area (Å²) in [6, 6.07) is 6.86. The number of benzene rings is 1. The van der Waals surface area contributed by atoms with E-state index in [9.17, 15) is 13.2 Å². The third-order valence-corrected chi connectivity index (χ3v) is 4.41. The van der Waals surface area contributed by atoms with Crippen LogP contribution in [0.25, 0.3) is 0 Å². The van der Waals surface area contributed by atoms with Crippen LogP contribution in [0, 0.1) is 6.92 Å². The van der Waals surface area contributed by atoms with Crippen molar-refractivity contribution in [2.45, 2.75) is 38.0 Å². The van der Waals surface area contributed by atoms with Crippen molar-refractivity contribution in [3.05, 3.63) is 29.8 Å². The van der Waals surface area contributed by atoms with Crippen LogP contribution in [-0.2, 0) is 14.6 Å². The van der Waals surface area contributed by atoms with E-state index in [0.717, 1.165) is 5.56 Å². The van der Waals surface area contributed by atoms with Gasteiger partial charge in [0.05, 0.1) is 10.6 Å². The minimum absolute atomic E-state index is 0.0438. The van der Waals surface area contributed by atoms with Gasteiger partial charge in [-0.1, -0.05) is 19.1 Å². The van der Waals surface area contributed by atoms with E-state index in [0.29, 0.717) is 24.2 Å². The summed E-state index contributed by atoms with van der Waals surface area (Å²) in [5.41, 5.74) is 0.927. The number of aryl methyl sites for hydroxylation is 1. The fourth-order valence-corrected chi connectivity index (χ4v) is 2.97. The van der Waals surface area contributed by atoms with Gasteiger partial charge in [0.2, 0.25) is 0 Å². The molecule has 0 N–H and O–H groups in total. The largest absolute Gasteiger partial charge is 0.300 e. The van der Waals surface area contributed by atoms with Gasteiger partial charge in [-0.05, 0) is 31.0 Å². The van der Waals surface area contributed by atoms with Crippen molar-refractivity contribution in [3.63, 3.8) is 0 Å². The molecule has 17 heavy (non-hydrogen) atoms. The number of ketones is 1. The van der Waals surface area contributed by atoms with Crippen LogP contribution < -0.4 is 0 Å². The highest BCUT2D eigenvalue weighted by Crippen LogP contribution is 2.14. The van der Waals surface area contributed by atoms with Crippen molar-refractivity contribution in [2.75, 3.05) is 5.75 Å². The molecule has 0 aromatic heterocycles. The Bertz CT molecular complexity index is 489. The average molecular weight is 254 g/mol. The van der Waals surface area contributed by atoms with Gasteiger partial charge in [0, 0.05) is 12.8 Å². The van der Waals surface area contributed by atoms with E-state index in [4.69, 9.17) is 0 Å². The van der Waals surface area contributed by atoms with E-state index < -0.39 is 9.84 Å². The quantitative estimate of drug-likeness (QED) is 0.784. The predicted octanol–water partition coefficient (Wildman–Crippen LogP) is 2.53. The number of carbonyl (C=O) groups is 1. The zero-order valence-corrected chi connectivity index (χ0v) is 11.1. The lowest BCUT2D eigenvalue weighted by Crippen LogP contribution is -2.08. The molecule has 0 saturated heterocycles. The minimum atomic E-state index is -3.24. The molecule has 0 heterocycles. The van der Waals surface area contributed by atoms with Crippen molar-refractivity contribution in [3.8, 4) is 0 Å². The maximum Gasteiger partial charge on any atom is 0.178 e. The second kappa shape index (κ2) is 5.96. The molecule has 0 saturated carbocycles. The van der Waals surface area contributed by atoms with Crippen molar-refractivity contribution in [1.29, 1.82) is 0 Å². The summed E-state index contributed by atoms with van der Waals surface area (Å²) in [6.07, 6.45) is 1.23. The van der Waals surface area contributed by atoms with Gasteiger partial charge in [0.25, 0.3) is 0 Å². The van der Waals surface area contributed by atoms with E-state index in [1.807, 2.05) is 13.0 Å². The Morgan fingerprint density at radius 3 is 2.59 bits per heavy atom. The first-order chi connectivity index (χ1) is 7.95. The van der Waals surface area contributed by atoms with Gasteiger partial charge in [-0.15, -0.1) is 0 Å². The molecule has 0 aliphatic carbocycles. The summed E-state index contributed by atoms with van der Waals surface area (Å²) in [7, 11) is -3.24. The molecule has 3 nitrogen and oxygen atoms in total. The lowest BCUT2D eigenvalue weighted by molar-refractivity contribution is -0.118. The average Bonchev–Trinajstić information content (AvgIpc) is 2.28. The molecule has 0 amide bonds. The van der Waals surface area contributed by atoms with Crippen LogP contribution in [0.2, 0.25) is 0 Å². The summed E-state index contributed by atoms with van der Waals surface area (Å²) in [4.78, 5) is 11.4. The lowest BCUT2D eigenvalue weighted by Gasteiger charge is -2.04. The maximum atomic E-state index is 11.9. The molecule has 4 heteroatoms. The molecule has 94 valence electrons. The zero-order valence-electron chi connectivity index (χ0n) is 10.3. The van der Waals surface area contributed by atoms with Crippen molar-refractivity contribution in [1.82, 2.24) is 0 Å². The first-order valence-corrected chi connectivity index (χ1v) is 7.42. The van der Waals surface area contributed by atoms with E-state index in [1.165, 1.54) is 0 Å². The number of hydrogen-bond donors (Lipinski definition) is 0. The topological polar surface area (TPSA) is 51.2 Å². The predicted molar refractivity (Wildman–Crippen MR) is 67.8 cm³/mol. The Hall–Kier alpha value is -1.16. The van der Waals surface area contributed by atoms with Gasteiger partial charge in [-0.3, -0.25) is 4.79 Å². The van der Waals surface area contributed by atoms with Gasteiger partial charge in [0.15, 0.2) is 9.84 Å². The molecular formula is C13H18O3S. The van der Waals surface area contributed by atoms with Gasteiger partial charge in [0.1, 0.15) is 5.78 Å². The molecule has 0 aliphatic rings. The molecular weight excluding hydrogens is 236 g/mol. The van der Waals surface area contributed by atoms with E-state index >= 15 is 0 Å². The summed E-state index contributed by atoms with van der Waals surface area (Å²) >= 11 is 0. The first-order valence-electron chi connectivity index (χ1n) is 5.77. The third kappa shape index (κ3) is 4.30. The Morgan fingerprint density at radius 1 is 1.29 bits per heavy atom. The first kappa shape index (κ1) is 13.9. The summed E-state index contributed by atoms with van der Waals surface area (Å²) in [5, 5.41) is 0. The second-order valence-electron chi connectivity index (χ2n) is 4.13. The van der Waals surface area contributed by atoms with E-state index in [1.54, 1.807) is 25.1 Å². The van der Waals surface area contributed by atoms with E-state index in [2.05, 4.69) is 0 Å². The van der Waals surface area contributed by atoms with Crippen LogP contribution in [0.4, 0.5) is 0 Å². The molecule has 1 aromatic rings. The number of sulfone groups is 1. The van der Waals surface area contributed by atoms with Crippen LogP contribution in [0.5, 0.6) is 0 Å². The molecule has 1 aromatic carbocycles. The van der Waals surface area contributed by atoms with Crippen molar-refractivity contribution in [2.24, 2.45) is 0 Å². The van der Waals surface area contributed by atoms with Crippen LogP contribution in [0.15, 0.2) is 29.2 Å². The monoisotopic (exact) mass is 254 g/mol. The SMILES string of the molecule is CCC(=O)CCCS(=O)(=O)c1cccc(C)c1. The smallest absolute Gasteiger partial charge is 0.178 e. The standard InChI is InChI=1S/C13H18O3S/c1-3-12(14)7-5-9-17(15,16)13-8-4-6-11(2)10-13/h4,6,8,10H,3,5,7,9H2,1-2H3.